The third-order valence-corrected chi connectivity index (χ3v) is 3.64. The highest BCUT2D eigenvalue weighted by atomic mass is 16.5. The van der Waals surface area contributed by atoms with Gasteiger partial charge in [-0.05, 0) is 0 Å². The lowest BCUT2D eigenvalue weighted by Gasteiger charge is -2.14. The van der Waals surface area contributed by atoms with Crippen molar-refractivity contribution < 1.29 is 14.3 Å². The molecule has 1 aliphatic heterocycles. The molecule has 1 saturated heterocycles. The minimum Gasteiger partial charge on any atom is -0.384 e. The van der Waals surface area contributed by atoms with E-state index in [4.69, 9.17) is 4.74 Å². The number of hydrogen-bond acceptors (Lipinski definition) is 4. The standard InChI is InChI=1S/C13H20N4O3/c1-14-12(18)11-7-17(6-10(11)8-20-3)13(19)9-4-15-16(2)5-9/h4-5,10-11H,6-8H2,1-3H3,(H,14,18)/t10-,11+/m0/s1. The first kappa shape index (κ1) is 14.5. The van der Waals surface area contributed by atoms with Crippen molar-refractivity contribution in [1.29, 1.82) is 0 Å². The second kappa shape index (κ2) is 6.04. The number of nitrogens with zero attached hydrogens (tertiary/aromatic N) is 3. The van der Waals surface area contributed by atoms with Crippen LogP contribution in [0.3, 0.4) is 0 Å². The lowest BCUT2D eigenvalue weighted by molar-refractivity contribution is -0.125. The average Bonchev–Trinajstić information content (AvgIpc) is 3.04. The van der Waals surface area contributed by atoms with Gasteiger partial charge in [0, 0.05) is 46.4 Å². The predicted octanol–water partition coefficient (Wildman–Crippen LogP) is -0.499. The SMILES string of the molecule is CNC(=O)[C@@H]1CN(C(=O)c2cnn(C)c2)C[C@H]1COC. The van der Waals surface area contributed by atoms with Gasteiger partial charge in [0.1, 0.15) is 0 Å². The Balaban J connectivity index is 2.10. The third kappa shape index (κ3) is 2.82. The van der Waals surface area contributed by atoms with Crippen LogP contribution in [0, 0.1) is 11.8 Å². The molecule has 0 spiro atoms. The molecule has 7 heteroatoms. The molecule has 2 atom stereocenters. The Kier molecular flexibility index (Phi) is 4.39. The fourth-order valence-corrected chi connectivity index (χ4v) is 2.62. The number of carbonyl (C=O) groups is 2. The quantitative estimate of drug-likeness (QED) is 0.807. The van der Waals surface area contributed by atoms with Gasteiger partial charge in [0.15, 0.2) is 0 Å². The van der Waals surface area contributed by atoms with Crippen molar-refractivity contribution in [3.05, 3.63) is 18.0 Å². The maximum atomic E-state index is 12.4. The van der Waals surface area contributed by atoms with Gasteiger partial charge in [-0.2, -0.15) is 5.10 Å². The van der Waals surface area contributed by atoms with Crippen LogP contribution in [0.4, 0.5) is 0 Å². The zero-order valence-corrected chi connectivity index (χ0v) is 12.0. The number of rotatable bonds is 4. The molecule has 0 aliphatic carbocycles. The molecule has 1 fully saturated rings. The van der Waals surface area contributed by atoms with Crippen LogP contribution in [0.15, 0.2) is 12.4 Å². The molecule has 0 saturated carbocycles. The molecule has 2 heterocycles. The zero-order chi connectivity index (χ0) is 14.7. The van der Waals surface area contributed by atoms with Crippen LogP contribution >= 0.6 is 0 Å². The summed E-state index contributed by atoms with van der Waals surface area (Å²) in [6.45, 7) is 1.41. The van der Waals surface area contributed by atoms with Crippen molar-refractivity contribution in [3.8, 4) is 0 Å². The lowest BCUT2D eigenvalue weighted by Crippen LogP contribution is -2.34. The van der Waals surface area contributed by atoms with Gasteiger partial charge in [0.05, 0.1) is 24.3 Å². The smallest absolute Gasteiger partial charge is 0.257 e. The van der Waals surface area contributed by atoms with Crippen LogP contribution in [0.2, 0.25) is 0 Å². The summed E-state index contributed by atoms with van der Waals surface area (Å²) in [5.41, 5.74) is 0.543. The molecule has 1 aromatic heterocycles. The van der Waals surface area contributed by atoms with Crippen LogP contribution in [0.25, 0.3) is 0 Å². The molecule has 0 bridgehead atoms. The summed E-state index contributed by atoms with van der Waals surface area (Å²) >= 11 is 0. The van der Waals surface area contributed by atoms with Crippen LogP contribution in [-0.4, -0.2) is 60.3 Å². The summed E-state index contributed by atoms with van der Waals surface area (Å²) < 4.78 is 6.74. The normalized spacial score (nSPS) is 22.1. The van der Waals surface area contributed by atoms with E-state index in [-0.39, 0.29) is 23.7 Å². The second-order valence-electron chi connectivity index (χ2n) is 5.05. The van der Waals surface area contributed by atoms with Crippen molar-refractivity contribution in [2.24, 2.45) is 18.9 Å². The van der Waals surface area contributed by atoms with Gasteiger partial charge in [-0.3, -0.25) is 14.3 Å². The number of aryl methyl sites for hydroxylation is 1. The number of aromatic nitrogens is 2. The maximum Gasteiger partial charge on any atom is 0.257 e. The van der Waals surface area contributed by atoms with E-state index in [1.54, 1.807) is 43.2 Å². The van der Waals surface area contributed by atoms with E-state index >= 15 is 0 Å². The molecule has 0 radical (unpaired) electrons. The molecule has 110 valence electrons. The zero-order valence-electron chi connectivity index (χ0n) is 12.0. The molecule has 0 aromatic carbocycles. The van der Waals surface area contributed by atoms with E-state index < -0.39 is 0 Å². The Hall–Kier alpha value is -1.89. The lowest BCUT2D eigenvalue weighted by atomic mass is 9.96. The van der Waals surface area contributed by atoms with Crippen molar-refractivity contribution in [1.82, 2.24) is 20.0 Å². The number of methoxy groups -OCH3 is 1. The molecule has 1 aliphatic rings. The Bertz CT molecular complexity index is 500. The highest BCUT2D eigenvalue weighted by Gasteiger charge is 2.39. The van der Waals surface area contributed by atoms with Crippen LogP contribution < -0.4 is 5.32 Å². The van der Waals surface area contributed by atoms with E-state index in [2.05, 4.69) is 10.4 Å². The van der Waals surface area contributed by atoms with Crippen molar-refractivity contribution in [3.63, 3.8) is 0 Å². The Labute approximate surface area is 117 Å². The average molecular weight is 280 g/mol. The summed E-state index contributed by atoms with van der Waals surface area (Å²) in [6, 6.07) is 0. The van der Waals surface area contributed by atoms with E-state index in [0.29, 0.717) is 25.3 Å². The third-order valence-electron chi connectivity index (χ3n) is 3.64. The summed E-state index contributed by atoms with van der Waals surface area (Å²) in [5.74, 6) is -0.333. The maximum absolute atomic E-state index is 12.4. The van der Waals surface area contributed by atoms with Crippen LogP contribution in [-0.2, 0) is 16.6 Å². The van der Waals surface area contributed by atoms with Crippen LogP contribution in [0.5, 0.6) is 0 Å². The van der Waals surface area contributed by atoms with Crippen molar-refractivity contribution >= 4 is 11.8 Å². The number of amides is 2. The van der Waals surface area contributed by atoms with Crippen molar-refractivity contribution in [2.75, 3.05) is 33.9 Å². The molecule has 0 unspecified atom stereocenters. The highest BCUT2D eigenvalue weighted by molar-refractivity contribution is 5.94. The molecule has 7 nitrogen and oxygen atoms in total. The highest BCUT2D eigenvalue weighted by Crippen LogP contribution is 2.25. The van der Waals surface area contributed by atoms with Gasteiger partial charge in [0.2, 0.25) is 5.91 Å². The molecular formula is C13H20N4O3. The van der Waals surface area contributed by atoms with Crippen LogP contribution in [0.1, 0.15) is 10.4 Å². The van der Waals surface area contributed by atoms with Gasteiger partial charge in [0.25, 0.3) is 5.91 Å². The first-order chi connectivity index (χ1) is 9.56. The summed E-state index contributed by atoms with van der Waals surface area (Å²) in [4.78, 5) is 25.9. The molecule has 1 aromatic rings. The minimum atomic E-state index is -0.222. The molecule has 2 rings (SSSR count). The molecule has 1 N–H and O–H groups in total. The fraction of sp³-hybridized carbons (Fsp3) is 0.615. The molecule has 20 heavy (non-hydrogen) atoms. The largest absolute Gasteiger partial charge is 0.384 e. The van der Waals surface area contributed by atoms with Gasteiger partial charge in [-0.25, -0.2) is 0 Å². The van der Waals surface area contributed by atoms with Gasteiger partial charge < -0.3 is 15.0 Å². The Morgan fingerprint density at radius 3 is 2.80 bits per heavy atom. The summed E-state index contributed by atoms with van der Waals surface area (Å²) in [6.07, 6.45) is 3.22. The minimum absolute atomic E-state index is 0.0283. The second-order valence-corrected chi connectivity index (χ2v) is 5.05. The number of likely N-dealkylation sites (tertiary alicyclic amines) is 1. The number of hydrogen-bond donors (Lipinski definition) is 1. The fourth-order valence-electron chi connectivity index (χ4n) is 2.62. The van der Waals surface area contributed by atoms with Gasteiger partial charge >= 0.3 is 0 Å². The number of ether oxygens (including phenoxy) is 1. The van der Waals surface area contributed by atoms with E-state index in [1.807, 2.05) is 0 Å². The monoisotopic (exact) mass is 280 g/mol. The number of carbonyl (C=O) groups excluding carboxylic acids is 2. The summed E-state index contributed by atoms with van der Waals surface area (Å²) in [5, 5.41) is 6.65. The summed E-state index contributed by atoms with van der Waals surface area (Å²) in [7, 11) is 4.98. The topological polar surface area (TPSA) is 76.5 Å². The molecule has 2 amide bonds. The molecular weight excluding hydrogens is 260 g/mol. The van der Waals surface area contributed by atoms with E-state index in [1.165, 1.54) is 0 Å². The van der Waals surface area contributed by atoms with Gasteiger partial charge in [-0.15, -0.1) is 0 Å². The predicted molar refractivity (Wildman–Crippen MR) is 72.0 cm³/mol. The van der Waals surface area contributed by atoms with Crippen molar-refractivity contribution in [2.45, 2.75) is 0 Å². The van der Waals surface area contributed by atoms with E-state index in [0.717, 1.165) is 0 Å². The first-order valence-corrected chi connectivity index (χ1v) is 6.55. The van der Waals surface area contributed by atoms with E-state index in [9.17, 15) is 9.59 Å². The Morgan fingerprint density at radius 2 is 2.25 bits per heavy atom. The number of nitrogens with one attached hydrogen (secondary N) is 1. The Morgan fingerprint density at radius 1 is 1.50 bits per heavy atom. The van der Waals surface area contributed by atoms with Gasteiger partial charge in [-0.1, -0.05) is 0 Å². The first-order valence-electron chi connectivity index (χ1n) is 6.55.